The van der Waals surface area contributed by atoms with E-state index in [0.29, 0.717) is 12.6 Å². The average molecular weight is 472 g/mol. The Morgan fingerprint density at radius 3 is 2.54 bits per heavy atom. The summed E-state index contributed by atoms with van der Waals surface area (Å²) in [6.07, 6.45) is 6.05. The highest BCUT2D eigenvalue weighted by Gasteiger charge is 2.30. The molecule has 0 spiro atoms. The molecule has 0 saturated carbocycles. The number of ether oxygens (including phenoxy) is 1. The largest absolute Gasteiger partial charge is 0.487 e. The second-order valence-electron chi connectivity index (χ2n) is 10.1. The Bertz CT molecular complexity index is 1160. The average Bonchev–Trinajstić information content (AvgIpc) is 3.56. The molecule has 2 fully saturated rings. The first-order valence-corrected chi connectivity index (χ1v) is 13.1. The summed E-state index contributed by atoms with van der Waals surface area (Å²) >= 11 is 0. The molecule has 2 saturated heterocycles. The SMILES string of the molecule is Fc1ccc2c(c1)N(CC1CCCN1CCc1ccc(N3CCCC3)cc1)c1ccccc1CO2. The molecule has 6 rings (SSSR count). The number of fused-ring (bicyclic) bond motifs is 2. The van der Waals surface area contributed by atoms with Gasteiger partial charge in [-0.05, 0) is 74.5 Å². The summed E-state index contributed by atoms with van der Waals surface area (Å²) in [6.45, 7) is 5.89. The van der Waals surface area contributed by atoms with Gasteiger partial charge in [0.05, 0.1) is 5.69 Å². The van der Waals surface area contributed by atoms with Crippen molar-refractivity contribution in [2.45, 2.75) is 44.8 Å². The van der Waals surface area contributed by atoms with Crippen LogP contribution < -0.4 is 14.5 Å². The van der Waals surface area contributed by atoms with Gasteiger partial charge in [-0.2, -0.15) is 0 Å². The highest BCUT2D eigenvalue weighted by molar-refractivity contribution is 5.73. The lowest BCUT2D eigenvalue weighted by Gasteiger charge is -2.32. The summed E-state index contributed by atoms with van der Waals surface area (Å²) in [4.78, 5) is 7.40. The third-order valence-corrected chi connectivity index (χ3v) is 7.87. The van der Waals surface area contributed by atoms with Gasteiger partial charge >= 0.3 is 0 Å². The summed E-state index contributed by atoms with van der Waals surface area (Å²) in [5.41, 5.74) is 5.87. The predicted octanol–water partition coefficient (Wildman–Crippen LogP) is 6.16. The number of halogens is 1. The fraction of sp³-hybridized carbons (Fsp3) is 0.400. The maximum absolute atomic E-state index is 14.3. The Kier molecular flexibility index (Phi) is 6.34. The van der Waals surface area contributed by atoms with E-state index in [1.54, 1.807) is 12.1 Å². The molecule has 0 bridgehead atoms. The van der Waals surface area contributed by atoms with Gasteiger partial charge in [-0.25, -0.2) is 4.39 Å². The number of anilines is 3. The third kappa shape index (κ3) is 4.74. The predicted molar refractivity (Wildman–Crippen MR) is 140 cm³/mol. The summed E-state index contributed by atoms with van der Waals surface area (Å²) in [6, 6.07) is 22.9. The maximum atomic E-state index is 14.3. The fourth-order valence-corrected chi connectivity index (χ4v) is 5.93. The molecule has 3 aromatic rings. The molecular formula is C30H34FN3O. The minimum Gasteiger partial charge on any atom is -0.487 e. The summed E-state index contributed by atoms with van der Waals surface area (Å²) in [5.74, 6) is 0.530. The Balaban J connectivity index is 1.18. The fourth-order valence-electron chi connectivity index (χ4n) is 5.93. The van der Waals surface area contributed by atoms with Crippen molar-refractivity contribution < 1.29 is 9.13 Å². The van der Waals surface area contributed by atoms with Crippen LogP contribution in [0.2, 0.25) is 0 Å². The molecule has 1 atom stereocenters. The smallest absolute Gasteiger partial charge is 0.143 e. The maximum Gasteiger partial charge on any atom is 0.143 e. The molecule has 4 nitrogen and oxygen atoms in total. The monoisotopic (exact) mass is 471 g/mol. The van der Waals surface area contributed by atoms with Crippen LogP contribution in [0.3, 0.4) is 0 Å². The number of rotatable bonds is 6. The van der Waals surface area contributed by atoms with Crippen molar-refractivity contribution in [2.75, 3.05) is 42.5 Å². The van der Waals surface area contributed by atoms with Crippen LogP contribution in [0.4, 0.5) is 21.5 Å². The van der Waals surface area contributed by atoms with Gasteiger partial charge in [-0.1, -0.05) is 30.3 Å². The van der Waals surface area contributed by atoms with Crippen LogP contribution in [0.15, 0.2) is 66.7 Å². The van der Waals surface area contributed by atoms with Gasteiger partial charge in [0, 0.05) is 55.2 Å². The molecule has 3 heterocycles. The normalized spacial score (nSPS) is 19.9. The summed E-state index contributed by atoms with van der Waals surface area (Å²) < 4.78 is 20.4. The Labute approximate surface area is 207 Å². The van der Waals surface area contributed by atoms with Crippen LogP contribution in [-0.4, -0.2) is 43.7 Å². The Morgan fingerprint density at radius 2 is 1.69 bits per heavy atom. The van der Waals surface area contributed by atoms with Gasteiger partial charge in [0.2, 0.25) is 0 Å². The molecule has 3 aliphatic rings. The second kappa shape index (κ2) is 9.90. The van der Waals surface area contributed by atoms with E-state index >= 15 is 0 Å². The second-order valence-corrected chi connectivity index (χ2v) is 10.1. The van der Waals surface area contributed by atoms with E-state index in [1.807, 2.05) is 6.07 Å². The molecule has 0 amide bonds. The van der Waals surface area contributed by atoms with Crippen LogP contribution in [-0.2, 0) is 13.0 Å². The zero-order valence-electron chi connectivity index (χ0n) is 20.3. The van der Waals surface area contributed by atoms with Crippen molar-refractivity contribution in [3.8, 4) is 5.75 Å². The van der Waals surface area contributed by atoms with E-state index in [1.165, 1.54) is 49.7 Å². The number of hydrogen-bond acceptors (Lipinski definition) is 4. The number of benzene rings is 3. The highest BCUT2D eigenvalue weighted by atomic mass is 19.1. The van der Waals surface area contributed by atoms with Crippen LogP contribution >= 0.6 is 0 Å². The zero-order chi connectivity index (χ0) is 23.6. The Hall–Kier alpha value is -3.05. The van der Waals surface area contributed by atoms with E-state index in [9.17, 15) is 4.39 Å². The van der Waals surface area contributed by atoms with Crippen molar-refractivity contribution in [3.05, 3.63) is 83.7 Å². The summed E-state index contributed by atoms with van der Waals surface area (Å²) in [5, 5.41) is 0. The van der Waals surface area contributed by atoms with Crippen molar-refractivity contribution in [1.29, 1.82) is 0 Å². The van der Waals surface area contributed by atoms with Crippen LogP contribution in [0.1, 0.15) is 36.8 Å². The Morgan fingerprint density at radius 1 is 0.857 bits per heavy atom. The van der Waals surface area contributed by atoms with Crippen molar-refractivity contribution in [1.82, 2.24) is 4.90 Å². The van der Waals surface area contributed by atoms with E-state index in [0.717, 1.165) is 55.2 Å². The molecule has 0 radical (unpaired) electrons. The van der Waals surface area contributed by atoms with Crippen LogP contribution in [0.25, 0.3) is 0 Å². The number of nitrogens with zero attached hydrogens (tertiary/aromatic N) is 3. The van der Waals surface area contributed by atoms with E-state index < -0.39 is 0 Å². The van der Waals surface area contributed by atoms with E-state index in [2.05, 4.69) is 57.2 Å². The van der Waals surface area contributed by atoms with Gasteiger partial charge in [0.15, 0.2) is 0 Å². The number of likely N-dealkylation sites (tertiary alicyclic amines) is 1. The van der Waals surface area contributed by atoms with E-state index in [4.69, 9.17) is 4.74 Å². The standard InChI is InChI=1S/C30H34FN3O/c31-25-11-14-30-29(20-25)34(28-8-2-1-6-24(28)22-35-30)21-27-7-5-18-33(27)19-15-23-9-12-26(13-10-23)32-16-3-4-17-32/h1-2,6,8-14,20,27H,3-5,7,15-19,21-22H2. The van der Waals surface area contributed by atoms with Gasteiger partial charge in [-0.3, -0.25) is 4.90 Å². The topological polar surface area (TPSA) is 19.0 Å². The van der Waals surface area contributed by atoms with Crippen LogP contribution in [0, 0.1) is 5.82 Å². The number of para-hydroxylation sites is 1. The molecule has 0 aromatic heterocycles. The lowest BCUT2D eigenvalue weighted by molar-refractivity contribution is 0.261. The number of hydrogen-bond donors (Lipinski definition) is 0. The highest BCUT2D eigenvalue weighted by Crippen LogP contribution is 2.40. The molecule has 3 aliphatic heterocycles. The third-order valence-electron chi connectivity index (χ3n) is 7.87. The molecule has 182 valence electrons. The first-order valence-electron chi connectivity index (χ1n) is 13.1. The molecule has 1 unspecified atom stereocenters. The summed E-state index contributed by atoms with van der Waals surface area (Å²) in [7, 11) is 0. The van der Waals surface area contributed by atoms with Crippen molar-refractivity contribution >= 4 is 17.1 Å². The lowest BCUT2D eigenvalue weighted by Crippen LogP contribution is -2.39. The zero-order valence-corrected chi connectivity index (χ0v) is 20.3. The molecule has 3 aromatic carbocycles. The molecule has 35 heavy (non-hydrogen) atoms. The van der Waals surface area contributed by atoms with Gasteiger partial charge in [0.1, 0.15) is 18.2 Å². The van der Waals surface area contributed by atoms with Crippen molar-refractivity contribution in [2.24, 2.45) is 0 Å². The van der Waals surface area contributed by atoms with Gasteiger partial charge in [0.25, 0.3) is 0 Å². The molecule has 0 aliphatic carbocycles. The van der Waals surface area contributed by atoms with Crippen molar-refractivity contribution in [3.63, 3.8) is 0 Å². The molecular weight excluding hydrogens is 437 g/mol. The molecule has 0 N–H and O–H groups in total. The minimum atomic E-state index is -0.225. The van der Waals surface area contributed by atoms with E-state index in [-0.39, 0.29) is 5.82 Å². The van der Waals surface area contributed by atoms with Gasteiger partial charge < -0.3 is 14.5 Å². The molecule has 5 heteroatoms. The quantitative estimate of drug-likeness (QED) is 0.428. The first kappa shape index (κ1) is 22.4. The van der Waals surface area contributed by atoms with Gasteiger partial charge in [-0.15, -0.1) is 0 Å². The minimum absolute atomic E-state index is 0.225. The lowest BCUT2D eigenvalue weighted by atomic mass is 10.1. The van der Waals surface area contributed by atoms with Crippen LogP contribution in [0.5, 0.6) is 5.75 Å². The first-order chi connectivity index (χ1) is 17.2.